The molecule has 0 spiro atoms. The minimum absolute atomic E-state index is 0.384. The van der Waals surface area contributed by atoms with Gasteiger partial charge in [-0.3, -0.25) is 15.0 Å². The molecule has 0 aliphatic carbocycles. The maximum atomic E-state index is 5.22. The van der Waals surface area contributed by atoms with E-state index in [1.54, 1.807) is 12.4 Å². The first-order chi connectivity index (χ1) is 33.0. The van der Waals surface area contributed by atoms with Crippen molar-refractivity contribution in [1.29, 1.82) is 0 Å². The molecule has 0 N–H and O–H groups in total. The van der Waals surface area contributed by atoms with Gasteiger partial charge in [-0.05, 0) is 136 Å². The van der Waals surface area contributed by atoms with Crippen molar-refractivity contribution < 1.29 is 0 Å². The van der Waals surface area contributed by atoms with Crippen LogP contribution in [0.3, 0.4) is 0 Å². The van der Waals surface area contributed by atoms with E-state index in [0.717, 1.165) is 61.5 Å². The Hall–Kier alpha value is -8.67. The number of pyridine rings is 2. The predicted octanol–water partition coefficient (Wildman–Crippen LogP) is 15.5. The van der Waals surface area contributed by atoms with Gasteiger partial charge in [-0.25, -0.2) is 9.98 Å². The Bertz CT molecular complexity index is 3300. The van der Waals surface area contributed by atoms with E-state index in [4.69, 9.17) is 9.98 Å². The van der Waals surface area contributed by atoms with Gasteiger partial charge in [0.2, 0.25) is 0 Å². The number of allylic oxidation sites excluding steroid dienone is 3. The highest BCUT2D eigenvalue weighted by molar-refractivity contribution is 6.13. The molecule has 5 heteroatoms. The quantitative estimate of drug-likeness (QED) is 0.0698. The SMILES string of the molecule is C=C/C=C(\C)c1c(C)cc(-c2cccc(-c3cccc(CN=C(N=C(N=C)c4cccc(-c5ccccn5)c4)c4cccc(-c5ccccn5)c4)c3)c2)c(-c2ccccc2)c1-c1ccccc1. The number of benzene rings is 7. The lowest BCUT2D eigenvalue weighted by Gasteiger charge is -2.23. The summed E-state index contributed by atoms with van der Waals surface area (Å²) in [6, 6.07) is 69.3. The van der Waals surface area contributed by atoms with E-state index in [-0.39, 0.29) is 0 Å². The molecule has 0 bridgehead atoms. The number of aromatic nitrogens is 2. The number of aliphatic imine (C=N–C) groups is 3. The van der Waals surface area contributed by atoms with Crippen molar-refractivity contribution in [1.82, 2.24) is 9.97 Å². The Morgan fingerprint density at radius 2 is 1.03 bits per heavy atom. The van der Waals surface area contributed by atoms with Crippen LogP contribution in [0, 0.1) is 6.92 Å². The molecule has 2 heterocycles. The van der Waals surface area contributed by atoms with E-state index >= 15 is 0 Å². The van der Waals surface area contributed by atoms with Crippen LogP contribution in [0.4, 0.5) is 0 Å². The standard InChI is InChI=1S/C62H49N5/c1-5-20-43(2)58-44(3)37-55(59(46-22-8-6-9-23-46)60(58)47-24-10-7-11-25-47)50-28-17-27-49(39-50)48-26-16-21-45(38-48)42-66-62(54-32-19-30-52(41-54)57-34-13-15-36-65-57)67-61(63-4)53-31-18-29-51(40-53)56-33-12-14-35-64-56/h5-41H,1,4,42H2,2-3H3/b43-20+,66-62?,67-61?. The highest BCUT2D eigenvalue weighted by Gasteiger charge is 2.21. The van der Waals surface area contributed by atoms with Gasteiger partial charge in [0.25, 0.3) is 0 Å². The Morgan fingerprint density at radius 3 is 1.63 bits per heavy atom. The lowest BCUT2D eigenvalue weighted by molar-refractivity contribution is 1.06. The van der Waals surface area contributed by atoms with Gasteiger partial charge >= 0.3 is 0 Å². The van der Waals surface area contributed by atoms with E-state index in [2.05, 4.69) is 176 Å². The summed E-state index contributed by atoms with van der Waals surface area (Å²) in [5, 5.41) is 0. The molecule has 67 heavy (non-hydrogen) atoms. The Labute approximate surface area is 393 Å². The van der Waals surface area contributed by atoms with Crippen LogP contribution in [0.15, 0.2) is 246 Å². The van der Waals surface area contributed by atoms with E-state index < -0.39 is 0 Å². The number of nitrogens with zero attached hydrogens (tertiary/aromatic N) is 5. The Morgan fingerprint density at radius 1 is 0.507 bits per heavy atom. The van der Waals surface area contributed by atoms with Crippen LogP contribution in [0.1, 0.15) is 34.7 Å². The van der Waals surface area contributed by atoms with E-state index in [9.17, 15) is 0 Å². The van der Waals surface area contributed by atoms with E-state index in [1.807, 2.05) is 78.9 Å². The molecule has 5 nitrogen and oxygen atoms in total. The zero-order chi connectivity index (χ0) is 46.0. The largest absolute Gasteiger partial charge is 0.261 e. The molecule has 0 aliphatic heterocycles. The molecule has 0 saturated heterocycles. The fourth-order valence-electron chi connectivity index (χ4n) is 8.68. The highest BCUT2D eigenvalue weighted by Crippen LogP contribution is 2.46. The topological polar surface area (TPSA) is 62.9 Å². The van der Waals surface area contributed by atoms with Crippen molar-refractivity contribution in [2.45, 2.75) is 20.4 Å². The van der Waals surface area contributed by atoms with Gasteiger partial charge in [0.1, 0.15) is 0 Å². The molecule has 9 aromatic rings. The molecule has 322 valence electrons. The normalized spacial score (nSPS) is 11.9. The maximum absolute atomic E-state index is 5.22. The number of rotatable bonds is 12. The summed E-state index contributed by atoms with van der Waals surface area (Å²) in [6.07, 6.45) is 7.57. The first-order valence-electron chi connectivity index (χ1n) is 22.4. The fourth-order valence-corrected chi connectivity index (χ4v) is 8.68. The summed E-state index contributed by atoms with van der Waals surface area (Å²) >= 11 is 0. The number of hydrogen-bond acceptors (Lipinski definition) is 3. The molecule has 0 unspecified atom stereocenters. The maximum Gasteiger partial charge on any atom is 0.161 e. The molecule has 0 amide bonds. The van der Waals surface area contributed by atoms with Crippen molar-refractivity contribution in [3.05, 3.63) is 259 Å². The lowest BCUT2D eigenvalue weighted by Crippen LogP contribution is -2.06. The molecule has 0 atom stereocenters. The van der Waals surface area contributed by atoms with Gasteiger partial charge in [-0.15, -0.1) is 0 Å². The third-order valence-electron chi connectivity index (χ3n) is 11.8. The zero-order valence-electron chi connectivity index (χ0n) is 37.7. The number of aryl methyl sites for hydroxylation is 1. The minimum Gasteiger partial charge on any atom is -0.261 e. The summed E-state index contributed by atoms with van der Waals surface area (Å²) in [7, 11) is 0. The smallest absolute Gasteiger partial charge is 0.161 e. The van der Waals surface area contributed by atoms with Crippen LogP contribution in [-0.4, -0.2) is 28.4 Å². The molecule has 9 rings (SSSR count). The molecule has 7 aromatic carbocycles. The minimum atomic E-state index is 0.384. The first-order valence-corrected chi connectivity index (χ1v) is 22.4. The summed E-state index contributed by atoms with van der Waals surface area (Å²) < 4.78 is 0. The van der Waals surface area contributed by atoms with Gasteiger partial charge in [0.15, 0.2) is 11.7 Å². The van der Waals surface area contributed by atoms with Gasteiger partial charge in [0, 0.05) is 34.6 Å². The van der Waals surface area contributed by atoms with Crippen LogP contribution >= 0.6 is 0 Å². The summed E-state index contributed by atoms with van der Waals surface area (Å²) in [4.78, 5) is 24.0. The molecule has 0 aliphatic rings. The second-order valence-corrected chi connectivity index (χ2v) is 16.3. The lowest BCUT2D eigenvalue weighted by atomic mass is 9.80. The summed E-state index contributed by atoms with van der Waals surface area (Å²) in [5.74, 6) is 1.00. The number of amidine groups is 2. The van der Waals surface area contributed by atoms with Crippen molar-refractivity contribution >= 4 is 24.0 Å². The first kappa shape index (κ1) is 43.6. The molecule has 2 aromatic heterocycles. The average Bonchev–Trinajstić information content (AvgIpc) is 3.39. The van der Waals surface area contributed by atoms with E-state index in [1.165, 1.54) is 39.0 Å². The van der Waals surface area contributed by atoms with Crippen molar-refractivity contribution in [2.24, 2.45) is 15.0 Å². The van der Waals surface area contributed by atoms with Crippen molar-refractivity contribution in [2.75, 3.05) is 0 Å². The third kappa shape index (κ3) is 9.87. The van der Waals surface area contributed by atoms with Crippen molar-refractivity contribution in [3.8, 4) is 67.0 Å². The van der Waals surface area contributed by atoms with Gasteiger partial charge in [-0.2, -0.15) is 0 Å². The van der Waals surface area contributed by atoms with E-state index in [0.29, 0.717) is 18.2 Å². The molecular weight excluding hydrogens is 815 g/mol. The molecule has 0 radical (unpaired) electrons. The molecular formula is C62H49N5. The van der Waals surface area contributed by atoms with Crippen LogP contribution in [-0.2, 0) is 6.54 Å². The van der Waals surface area contributed by atoms with Crippen LogP contribution < -0.4 is 0 Å². The van der Waals surface area contributed by atoms with Gasteiger partial charge < -0.3 is 0 Å². The predicted molar refractivity (Wildman–Crippen MR) is 282 cm³/mol. The monoisotopic (exact) mass is 863 g/mol. The number of hydrogen-bond donors (Lipinski definition) is 0. The Kier molecular flexibility index (Phi) is 13.3. The summed E-state index contributed by atoms with van der Waals surface area (Å²) in [6.45, 7) is 12.8. The van der Waals surface area contributed by atoms with Gasteiger partial charge in [-0.1, -0.05) is 170 Å². The molecule has 0 fully saturated rings. The van der Waals surface area contributed by atoms with Crippen LogP contribution in [0.2, 0.25) is 0 Å². The summed E-state index contributed by atoms with van der Waals surface area (Å²) in [5.41, 5.74) is 19.2. The van der Waals surface area contributed by atoms with Crippen molar-refractivity contribution in [3.63, 3.8) is 0 Å². The Balaban J connectivity index is 1.12. The fraction of sp³-hybridized carbons (Fsp3) is 0.0484. The average molecular weight is 864 g/mol. The zero-order valence-corrected chi connectivity index (χ0v) is 37.7. The second-order valence-electron chi connectivity index (χ2n) is 16.3. The van der Waals surface area contributed by atoms with Gasteiger partial charge in [0.05, 0.1) is 17.9 Å². The third-order valence-corrected chi connectivity index (χ3v) is 11.8. The van der Waals surface area contributed by atoms with Crippen LogP contribution in [0.25, 0.3) is 72.6 Å². The van der Waals surface area contributed by atoms with Crippen LogP contribution in [0.5, 0.6) is 0 Å². The molecule has 0 saturated carbocycles. The second kappa shape index (κ2) is 20.4. The highest BCUT2D eigenvalue weighted by atomic mass is 15.0.